The maximum Gasteiger partial charge on any atom is 0.260 e. The molecule has 0 radical (unpaired) electrons. The lowest BCUT2D eigenvalue weighted by Gasteiger charge is -2.42. The third-order valence-corrected chi connectivity index (χ3v) is 9.03. The first kappa shape index (κ1) is 26.9. The standard InChI is InChI=1S/C31H40ClN3O3/c1-23-29(36)33-22-31(14-6-5-10-24-9-3-4-11-28(24)38-23)15-19-35(20-16-31)30(37)26-21-25(12-13-27(26)32)34-17-7-2-8-18-34/h3-4,9,11-13,21,23H,2,5-8,10,14-20,22H2,1H3,(H,33,36)/t23-/m1/s1. The summed E-state index contributed by atoms with van der Waals surface area (Å²) in [6.45, 7) is 5.84. The number of ether oxygens (including phenoxy) is 1. The molecule has 3 aliphatic rings. The Labute approximate surface area is 231 Å². The van der Waals surface area contributed by atoms with E-state index in [0.717, 1.165) is 68.6 Å². The summed E-state index contributed by atoms with van der Waals surface area (Å²) in [5, 5.41) is 3.69. The fourth-order valence-electron chi connectivity index (χ4n) is 6.20. The van der Waals surface area contributed by atoms with Crippen molar-refractivity contribution in [2.24, 2.45) is 5.41 Å². The summed E-state index contributed by atoms with van der Waals surface area (Å²) >= 11 is 6.53. The predicted molar refractivity (Wildman–Crippen MR) is 152 cm³/mol. The molecular formula is C31H40ClN3O3. The smallest absolute Gasteiger partial charge is 0.260 e. The third kappa shape index (κ3) is 6.12. The lowest BCUT2D eigenvalue weighted by atomic mass is 9.74. The highest BCUT2D eigenvalue weighted by Crippen LogP contribution is 2.38. The molecule has 5 rings (SSSR count). The van der Waals surface area contributed by atoms with Crippen molar-refractivity contribution in [1.82, 2.24) is 10.2 Å². The first-order valence-electron chi connectivity index (χ1n) is 14.3. The van der Waals surface area contributed by atoms with E-state index in [-0.39, 0.29) is 17.2 Å². The Balaban J connectivity index is 1.25. The molecule has 2 aromatic rings. The SMILES string of the molecule is C[C@H]1Oc2ccccc2CCCCC2(CCN(C(=O)c3cc(N4CCCCC4)ccc3Cl)CC2)CNC1=O. The number of nitrogens with one attached hydrogen (secondary N) is 1. The van der Waals surface area contributed by atoms with Crippen LogP contribution < -0.4 is 15.0 Å². The molecule has 1 N–H and O–H groups in total. The van der Waals surface area contributed by atoms with E-state index in [0.29, 0.717) is 30.2 Å². The van der Waals surface area contributed by atoms with E-state index in [1.165, 1.54) is 19.3 Å². The molecule has 1 spiro atoms. The van der Waals surface area contributed by atoms with Crippen LogP contribution in [0.15, 0.2) is 42.5 Å². The Bertz CT molecular complexity index is 1140. The number of piperidine rings is 2. The van der Waals surface area contributed by atoms with Gasteiger partial charge in [0, 0.05) is 38.4 Å². The van der Waals surface area contributed by atoms with Gasteiger partial charge < -0.3 is 19.9 Å². The minimum absolute atomic E-state index is 0.00960. The Morgan fingerprint density at radius 1 is 0.974 bits per heavy atom. The quantitative estimate of drug-likeness (QED) is 0.521. The highest BCUT2D eigenvalue weighted by molar-refractivity contribution is 6.34. The molecule has 0 aliphatic carbocycles. The summed E-state index contributed by atoms with van der Waals surface area (Å²) in [6, 6.07) is 13.9. The van der Waals surface area contributed by atoms with Gasteiger partial charge in [-0.1, -0.05) is 36.2 Å². The van der Waals surface area contributed by atoms with Gasteiger partial charge in [0.15, 0.2) is 6.10 Å². The zero-order chi connectivity index (χ0) is 26.5. The fourth-order valence-corrected chi connectivity index (χ4v) is 6.40. The van der Waals surface area contributed by atoms with Gasteiger partial charge in [0.2, 0.25) is 0 Å². The van der Waals surface area contributed by atoms with Crippen molar-refractivity contribution in [1.29, 1.82) is 0 Å². The molecular weight excluding hydrogens is 498 g/mol. The topological polar surface area (TPSA) is 61.9 Å². The van der Waals surface area contributed by atoms with Crippen LogP contribution in [0.4, 0.5) is 5.69 Å². The number of carbonyl (C=O) groups excluding carboxylic acids is 2. The van der Waals surface area contributed by atoms with E-state index in [1.807, 2.05) is 48.2 Å². The average molecular weight is 538 g/mol. The number of hydrogen-bond donors (Lipinski definition) is 1. The Hall–Kier alpha value is -2.73. The van der Waals surface area contributed by atoms with Gasteiger partial charge in [-0.05, 0) is 93.5 Å². The Morgan fingerprint density at radius 3 is 2.53 bits per heavy atom. The molecule has 2 fully saturated rings. The minimum Gasteiger partial charge on any atom is -0.481 e. The monoisotopic (exact) mass is 537 g/mol. The average Bonchev–Trinajstić information content (AvgIpc) is 2.95. The summed E-state index contributed by atoms with van der Waals surface area (Å²) in [5.74, 6) is 0.736. The number of anilines is 1. The number of fused-ring (bicyclic) bond motifs is 1. The van der Waals surface area contributed by atoms with Gasteiger partial charge in [0.1, 0.15) is 5.75 Å². The molecule has 2 saturated heterocycles. The molecule has 1 atom stereocenters. The molecule has 3 heterocycles. The van der Waals surface area contributed by atoms with Crippen molar-refractivity contribution in [2.75, 3.05) is 37.6 Å². The number of aryl methyl sites for hydroxylation is 1. The second-order valence-electron chi connectivity index (χ2n) is 11.3. The molecule has 0 unspecified atom stereocenters. The van der Waals surface area contributed by atoms with Crippen molar-refractivity contribution < 1.29 is 14.3 Å². The van der Waals surface area contributed by atoms with Gasteiger partial charge in [-0.2, -0.15) is 0 Å². The van der Waals surface area contributed by atoms with Gasteiger partial charge in [-0.25, -0.2) is 0 Å². The number of para-hydroxylation sites is 1. The van der Waals surface area contributed by atoms with Crippen LogP contribution >= 0.6 is 11.6 Å². The van der Waals surface area contributed by atoms with Crippen LogP contribution in [-0.4, -0.2) is 55.5 Å². The van der Waals surface area contributed by atoms with Crippen LogP contribution in [0.5, 0.6) is 5.75 Å². The van der Waals surface area contributed by atoms with Crippen molar-refractivity contribution in [3.63, 3.8) is 0 Å². The molecule has 3 aliphatic heterocycles. The van der Waals surface area contributed by atoms with Gasteiger partial charge in [0.25, 0.3) is 11.8 Å². The number of benzene rings is 2. The van der Waals surface area contributed by atoms with Crippen molar-refractivity contribution >= 4 is 29.1 Å². The van der Waals surface area contributed by atoms with Crippen molar-refractivity contribution in [3.8, 4) is 5.75 Å². The second-order valence-corrected chi connectivity index (χ2v) is 11.7. The number of carbonyl (C=O) groups is 2. The van der Waals surface area contributed by atoms with E-state index < -0.39 is 6.10 Å². The molecule has 0 aromatic heterocycles. The number of halogens is 1. The zero-order valence-electron chi connectivity index (χ0n) is 22.5. The first-order valence-corrected chi connectivity index (χ1v) is 14.7. The van der Waals surface area contributed by atoms with Crippen LogP contribution in [0.2, 0.25) is 5.02 Å². The second kappa shape index (κ2) is 12.0. The molecule has 2 aromatic carbocycles. The number of nitrogens with zero attached hydrogens (tertiary/aromatic N) is 2. The minimum atomic E-state index is -0.552. The summed E-state index contributed by atoms with van der Waals surface area (Å²) in [5.41, 5.74) is 2.84. The molecule has 6 nitrogen and oxygen atoms in total. The molecule has 0 saturated carbocycles. The first-order chi connectivity index (χ1) is 18.4. The number of rotatable bonds is 2. The largest absolute Gasteiger partial charge is 0.481 e. The van der Waals surface area contributed by atoms with E-state index in [2.05, 4.69) is 16.3 Å². The fraction of sp³-hybridized carbons (Fsp3) is 0.548. The Kier molecular flexibility index (Phi) is 8.47. The van der Waals surface area contributed by atoms with E-state index in [4.69, 9.17) is 16.3 Å². The van der Waals surface area contributed by atoms with E-state index in [9.17, 15) is 9.59 Å². The maximum atomic E-state index is 13.6. The van der Waals surface area contributed by atoms with Crippen LogP contribution in [0.3, 0.4) is 0 Å². The molecule has 0 bridgehead atoms. The van der Waals surface area contributed by atoms with Crippen LogP contribution in [-0.2, 0) is 11.2 Å². The van der Waals surface area contributed by atoms with Gasteiger partial charge in [-0.3, -0.25) is 9.59 Å². The summed E-state index contributed by atoms with van der Waals surface area (Å²) < 4.78 is 6.04. The van der Waals surface area contributed by atoms with Crippen molar-refractivity contribution in [3.05, 3.63) is 58.6 Å². The van der Waals surface area contributed by atoms with Crippen LogP contribution in [0.25, 0.3) is 0 Å². The highest BCUT2D eigenvalue weighted by atomic mass is 35.5. The third-order valence-electron chi connectivity index (χ3n) is 8.70. The predicted octanol–water partition coefficient (Wildman–Crippen LogP) is 5.86. The number of likely N-dealkylation sites (tertiary alicyclic amines) is 1. The van der Waals surface area contributed by atoms with Crippen LogP contribution in [0.1, 0.15) is 74.2 Å². The van der Waals surface area contributed by atoms with Crippen LogP contribution in [0, 0.1) is 5.41 Å². The van der Waals surface area contributed by atoms with Gasteiger partial charge >= 0.3 is 0 Å². The number of hydrogen-bond acceptors (Lipinski definition) is 4. The molecule has 204 valence electrons. The maximum absolute atomic E-state index is 13.6. The zero-order valence-corrected chi connectivity index (χ0v) is 23.3. The normalized spacial score (nSPS) is 22.5. The highest BCUT2D eigenvalue weighted by Gasteiger charge is 2.37. The van der Waals surface area contributed by atoms with Gasteiger partial charge in [0.05, 0.1) is 10.6 Å². The Morgan fingerprint density at radius 2 is 1.74 bits per heavy atom. The summed E-state index contributed by atoms with van der Waals surface area (Å²) in [6.07, 6.45) is 8.97. The summed E-state index contributed by atoms with van der Waals surface area (Å²) in [7, 11) is 0. The molecule has 38 heavy (non-hydrogen) atoms. The lowest BCUT2D eigenvalue weighted by molar-refractivity contribution is -0.128. The van der Waals surface area contributed by atoms with Crippen molar-refractivity contribution in [2.45, 2.75) is 70.8 Å². The molecule has 2 amide bonds. The molecule has 7 heteroatoms. The lowest BCUT2D eigenvalue weighted by Crippen LogP contribution is -2.49. The van der Waals surface area contributed by atoms with Gasteiger partial charge in [-0.15, -0.1) is 0 Å². The van der Waals surface area contributed by atoms with E-state index >= 15 is 0 Å². The van der Waals surface area contributed by atoms with E-state index in [1.54, 1.807) is 0 Å². The number of amides is 2. The summed E-state index contributed by atoms with van der Waals surface area (Å²) in [4.78, 5) is 30.8.